The number of fused-ring (bicyclic) bond motifs is 1. The van der Waals surface area contributed by atoms with Gasteiger partial charge in [0, 0.05) is 31.7 Å². The van der Waals surface area contributed by atoms with Crippen molar-refractivity contribution >= 4 is 17.7 Å². The Morgan fingerprint density at radius 2 is 1.89 bits per heavy atom. The first-order valence-electron chi connectivity index (χ1n) is 8.72. The topological polar surface area (TPSA) is 66.0 Å². The van der Waals surface area contributed by atoms with Crippen LogP contribution in [0.5, 0.6) is 23.0 Å². The number of anilines is 1. The van der Waals surface area contributed by atoms with Crippen LogP contribution < -0.4 is 24.3 Å². The van der Waals surface area contributed by atoms with Crippen LogP contribution in [0.3, 0.4) is 0 Å². The van der Waals surface area contributed by atoms with Gasteiger partial charge in [-0.15, -0.1) is 0 Å². The van der Waals surface area contributed by atoms with Crippen LogP contribution in [0.15, 0.2) is 42.5 Å². The zero-order valence-electron chi connectivity index (χ0n) is 15.9. The maximum atomic E-state index is 12.2. The molecule has 0 bridgehead atoms. The lowest BCUT2D eigenvalue weighted by molar-refractivity contribution is -0.111. The van der Waals surface area contributed by atoms with Crippen LogP contribution in [0, 0.1) is 0 Å². The third-order valence-electron chi connectivity index (χ3n) is 3.84. The van der Waals surface area contributed by atoms with Crippen molar-refractivity contribution in [2.75, 3.05) is 19.0 Å². The Morgan fingerprint density at radius 3 is 2.63 bits per heavy atom. The second-order valence-electron chi connectivity index (χ2n) is 6.43. The van der Waals surface area contributed by atoms with Gasteiger partial charge in [0.2, 0.25) is 11.7 Å². The Bertz CT molecular complexity index is 873. The van der Waals surface area contributed by atoms with E-state index in [9.17, 15) is 4.79 Å². The van der Waals surface area contributed by atoms with Gasteiger partial charge in [0.15, 0.2) is 23.0 Å². The number of amides is 1. The minimum atomic E-state index is -0.697. The summed E-state index contributed by atoms with van der Waals surface area (Å²) in [6.45, 7) is 6.10. The van der Waals surface area contributed by atoms with Crippen molar-refractivity contribution < 1.29 is 23.7 Å². The van der Waals surface area contributed by atoms with Crippen LogP contribution in [0.25, 0.3) is 6.08 Å². The molecule has 1 aliphatic heterocycles. The molecule has 0 atom stereocenters. The van der Waals surface area contributed by atoms with E-state index < -0.39 is 5.79 Å². The van der Waals surface area contributed by atoms with Gasteiger partial charge in [0.1, 0.15) is 0 Å². The number of nitrogens with one attached hydrogen (secondary N) is 1. The molecular weight excluding hydrogens is 346 g/mol. The molecule has 0 aliphatic carbocycles. The molecule has 142 valence electrons. The number of hydrogen-bond donors (Lipinski definition) is 1. The summed E-state index contributed by atoms with van der Waals surface area (Å²) in [4.78, 5) is 12.2. The summed E-state index contributed by atoms with van der Waals surface area (Å²) < 4.78 is 22.1. The molecule has 1 N–H and O–H groups in total. The molecule has 0 saturated heterocycles. The zero-order valence-corrected chi connectivity index (χ0v) is 15.9. The SMILES string of the molecule is CCOc1cc(C=CC(=O)Nc2ccc3c(c2)OC(C)(C)O3)ccc1OC. The first-order chi connectivity index (χ1) is 12.9. The molecule has 0 fully saturated rings. The van der Waals surface area contributed by atoms with E-state index >= 15 is 0 Å². The Morgan fingerprint density at radius 1 is 1.11 bits per heavy atom. The van der Waals surface area contributed by atoms with Crippen molar-refractivity contribution in [2.24, 2.45) is 0 Å². The second kappa shape index (κ2) is 7.61. The number of benzene rings is 2. The third kappa shape index (κ3) is 4.53. The zero-order chi connectivity index (χ0) is 19.4. The van der Waals surface area contributed by atoms with Crippen molar-refractivity contribution in [2.45, 2.75) is 26.6 Å². The molecule has 0 unspecified atom stereocenters. The van der Waals surface area contributed by atoms with Gasteiger partial charge in [-0.05, 0) is 42.8 Å². The molecule has 2 aromatic carbocycles. The number of carbonyl (C=O) groups is 1. The number of ether oxygens (including phenoxy) is 4. The quantitative estimate of drug-likeness (QED) is 0.771. The molecule has 1 heterocycles. The number of hydrogen-bond acceptors (Lipinski definition) is 5. The molecule has 0 spiro atoms. The maximum Gasteiger partial charge on any atom is 0.248 e. The van der Waals surface area contributed by atoms with Gasteiger partial charge in [-0.1, -0.05) is 6.07 Å². The average molecular weight is 369 g/mol. The van der Waals surface area contributed by atoms with Crippen LogP contribution in [-0.2, 0) is 4.79 Å². The van der Waals surface area contributed by atoms with Gasteiger partial charge < -0.3 is 24.3 Å². The summed E-state index contributed by atoms with van der Waals surface area (Å²) in [5, 5.41) is 2.81. The average Bonchev–Trinajstić information content (AvgIpc) is 2.93. The summed E-state index contributed by atoms with van der Waals surface area (Å²) in [6.07, 6.45) is 3.18. The van der Waals surface area contributed by atoms with E-state index in [0.717, 1.165) is 5.56 Å². The maximum absolute atomic E-state index is 12.2. The summed E-state index contributed by atoms with van der Waals surface area (Å²) in [7, 11) is 1.59. The third-order valence-corrected chi connectivity index (χ3v) is 3.84. The lowest BCUT2D eigenvalue weighted by Crippen LogP contribution is -2.29. The van der Waals surface area contributed by atoms with Crippen molar-refractivity contribution in [3.8, 4) is 23.0 Å². The predicted octanol–water partition coefficient (Wildman–Crippen LogP) is 4.25. The molecule has 0 aromatic heterocycles. The summed E-state index contributed by atoms with van der Waals surface area (Å²) in [5.41, 5.74) is 1.47. The monoisotopic (exact) mass is 369 g/mol. The van der Waals surface area contributed by atoms with Gasteiger partial charge in [-0.25, -0.2) is 0 Å². The van der Waals surface area contributed by atoms with E-state index in [-0.39, 0.29) is 5.91 Å². The lowest BCUT2D eigenvalue weighted by Gasteiger charge is -2.16. The normalized spacial score (nSPS) is 14.2. The first-order valence-corrected chi connectivity index (χ1v) is 8.72. The first kappa shape index (κ1) is 18.6. The molecule has 27 heavy (non-hydrogen) atoms. The number of carbonyl (C=O) groups excluding carboxylic acids is 1. The van der Waals surface area contributed by atoms with E-state index in [4.69, 9.17) is 18.9 Å². The molecule has 2 aromatic rings. The minimum absolute atomic E-state index is 0.248. The van der Waals surface area contributed by atoms with Gasteiger partial charge in [0.05, 0.1) is 13.7 Å². The molecule has 1 amide bonds. The minimum Gasteiger partial charge on any atom is -0.493 e. The van der Waals surface area contributed by atoms with Crippen LogP contribution in [0.1, 0.15) is 26.3 Å². The fraction of sp³-hybridized carbons (Fsp3) is 0.286. The van der Waals surface area contributed by atoms with E-state index in [1.807, 2.05) is 39.0 Å². The van der Waals surface area contributed by atoms with E-state index in [1.54, 1.807) is 31.4 Å². The number of rotatable bonds is 6. The van der Waals surface area contributed by atoms with Gasteiger partial charge >= 0.3 is 0 Å². The predicted molar refractivity (Wildman–Crippen MR) is 104 cm³/mol. The van der Waals surface area contributed by atoms with Crippen molar-refractivity contribution in [3.63, 3.8) is 0 Å². The van der Waals surface area contributed by atoms with Gasteiger partial charge in [0.25, 0.3) is 0 Å². The lowest BCUT2D eigenvalue weighted by atomic mass is 10.2. The summed E-state index contributed by atoms with van der Waals surface area (Å²) in [6, 6.07) is 10.8. The highest BCUT2D eigenvalue weighted by molar-refractivity contribution is 6.02. The van der Waals surface area contributed by atoms with Crippen molar-refractivity contribution in [3.05, 3.63) is 48.0 Å². The Labute approximate surface area is 158 Å². The highest BCUT2D eigenvalue weighted by Gasteiger charge is 2.31. The largest absolute Gasteiger partial charge is 0.493 e. The van der Waals surface area contributed by atoms with Crippen molar-refractivity contribution in [1.82, 2.24) is 0 Å². The Balaban J connectivity index is 1.67. The van der Waals surface area contributed by atoms with Gasteiger partial charge in [-0.2, -0.15) is 0 Å². The fourth-order valence-electron chi connectivity index (χ4n) is 2.72. The van der Waals surface area contributed by atoms with Crippen LogP contribution in [0.4, 0.5) is 5.69 Å². The highest BCUT2D eigenvalue weighted by atomic mass is 16.7. The van der Waals surface area contributed by atoms with Crippen LogP contribution >= 0.6 is 0 Å². The molecular formula is C21H23NO5. The molecule has 0 saturated carbocycles. The van der Waals surface area contributed by atoms with Crippen LogP contribution in [0.2, 0.25) is 0 Å². The number of methoxy groups -OCH3 is 1. The van der Waals surface area contributed by atoms with Crippen LogP contribution in [-0.4, -0.2) is 25.4 Å². The molecule has 3 rings (SSSR count). The molecule has 6 nitrogen and oxygen atoms in total. The summed E-state index contributed by atoms with van der Waals surface area (Å²) in [5.74, 6) is 1.62. The second-order valence-corrected chi connectivity index (χ2v) is 6.43. The Kier molecular flexibility index (Phi) is 5.26. The van der Waals surface area contributed by atoms with Crippen molar-refractivity contribution in [1.29, 1.82) is 0 Å². The van der Waals surface area contributed by atoms with E-state index in [2.05, 4.69) is 5.32 Å². The van der Waals surface area contributed by atoms with E-state index in [1.165, 1.54) is 6.08 Å². The van der Waals surface area contributed by atoms with Gasteiger partial charge in [-0.3, -0.25) is 4.79 Å². The molecule has 6 heteroatoms. The fourth-order valence-corrected chi connectivity index (χ4v) is 2.72. The Hall–Kier alpha value is -3.15. The molecule has 1 aliphatic rings. The van der Waals surface area contributed by atoms with E-state index in [0.29, 0.717) is 35.3 Å². The smallest absolute Gasteiger partial charge is 0.248 e. The standard InChI is InChI=1S/C21H23NO5/c1-5-25-18-12-14(6-9-16(18)24-4)7-11-20(23)22-15-8-10-17-19(13-15)27-21(2,3)26-17/h6-13H,5H2,1-4H3,(H,22,23). The molecule has 0 radical (unpaired) electrons. The highest BCUT2D eigenvalue weighted by Crippen LogP contribution is 2.40. The summed E-state index contributed by atoms with van der Waals surface area (Å²) >= 11 is 0.